The fraction of sp³-hybridized carbons (Fsp3) is 0.143. The van der Waals surface area contributed by atoms with E-state index in [0.29, 0.717) is 11.1 Å². The van der Waals surface area contributed by atoms with Gasteiger partial charge in [0.25, 0.3) is 0 Å². The maximum absolute atomic E-state index is 13.8. The highest BCUT2D eigenvalue weighted by molar-refractivity contribution is 6.31. The third kappa shape index (κ3) is 3.24. The first-order valence-electron chi connectivity index (χ1n) is 5.62. The van der Waals surface area contributed by atoms with Gasteiger partial charge in [-0.05, 0) is 35.7 Å². The molecule has 1 nitrogen and oxygen atoms in total. The second-order valence-electron chi connectivity index (χ2n) is 4.19. The van der Waals surface area contributed by atoms with Crippen molar-refractivity contribution >= 4 is 23.2 Å². The number of rotatable bonds is 3. The molecule has 0 spiro atoms. The summed E-state index contributed by atoms with van der Waals surface area (Å²) in [6.45, 7) is 0. The molecule has 2 rings (SSSR count). The average molecular weight is 302 g/mol. The van der Waals surface area contributed by atoms with Gasteiger partial charge in [-0.2, -0.15) is 0 Å². The van der Waals surface area contributed by atoms with Gasteiger partial charge in [0, 0.05) is 11.1 Å². The predicted molar refractivity (Wildman–Crippen MR) is 73.5 cm³/mol. The van der Waals surface area contributed by atoms with Crippen molar-refractivity contribution in [1.29, 1.82) is 0 Å². The van der Waals surface area contributed by atoms with E-state index in [-0.39, 0.29) is 16.5 Å². The molecule has 2 aromatic rings. The van der Waals surface area contributed by atoms with E-state index in [0.717, 1.165) is 0 Å². The van der Waals surface area contributed by atoms with E-state index in [9.17, 15) is 8.78 Å². The van der Waals surface area contributed by atoms with Crippen LogP contribution in [0.25, 0.3) is 0 Å². The van der Waals surface area contributed by atoms with Crippen LogP contribution in [0.4, 0.5) is 8.78 Å². The van der Waals surface area contributed by atoms with Crippen LogP contribution >= 0.6 is 23.2 Å². The van der Waals surface area contributed by atoms with E-state index in [4.69, 9.17) is 28.9 Å². The molecular weight excluding hydrogens is 291 g/mol. The van der Waals surface area contributed by atoms with Gasteiger partial charge in [-0.1, -0.05) is 41.4 Å². The smallest absolute Gasteiger partial charge is 0.145 e. The molecule has 0 bridgehead atoms. The second-order valence-corrected chi connectivity index (χ2v) is 5.00. The zero-order valence-corrected chi connectivity index (χ0v) is 11.3. The molecule has 2 N–H and O–H groups in total. The Labute approximate surface area is 119 Å². The molecule has 5 heteroatoms. The zero-order chi connectivity index (χ0) is 14.0. The van der Waals surface area contributed by atoms with Crippen molar-refractivity contribution in [2.45, 2.75) is 12.5 Å². The summed E-state index contributed by atoms with van der Waals surface area (Å²) in [4.78, 5) is 0. The van der Waals surface area contributed by atoms with Gasteiger partial charge in [0.15, 0.2) is 0 Å². The zero-order valence-electron chi connectivity index (χ0n) is 9.84. The Morgan fingerprint density at radius 3 is 2.47 bits per heavy atom. The molecule has 1 atom stereocenters. The average Bonchev–Trinajstić information content (AvgIpc) is 2.34. The van der Waals surface area contributed by atoms with E-state index in [2.05, 4.69) is 0 Å². The van der Waals surface area contributed by atoms with Crippen LogP contribution in [0.15, 0.2) is 36.4 Å². The Morgan fingerprint density at radius 1 is 1.05 bits per heavy atom. The maximum Gasteiger partial charge on any atom is 0.145 e. The lowest BCUT2D eigenvalue weighted by atomic mass is 9.99. The van der Waals surface area contributed by atoms with Gasteiger partial charge < -0.3 is 5.73 Å². The molecule has 1 unspecified atom stereocenters. The highest BCUT2D eigenvalue weighted by Gasteiger charge is 2.15. The third-order valence-corrected chi connectivity index (χ3v) is 3.45. The molecule has 2 aromatic carbocycles. The SMILES string of the molecule is NC(Cc1cccc(Cl)c1F)c1ccc(F)cc1Cl. The van der Waals surface area contributed by atoms with Gasteiger partial charge >= 0.3 is 0 Å². The molecule has 0 fully saturated rings. The van der Waals surface area contributed by atoms with Gasteiger partial charge in [-0.25, -0.2) is 8.78 Å². The van der Waals surface area contributed by atoms with Crippen LogP contribution in [-0.2, 0) is 6.42 Å². The largest absolute Gasteiger partial charge is 0.324 e. The molecule has 0 amide bonds. The first-order valence-corrected chi connectivity index (χ1v) is 6.38. The van der Waals surface area contributed by atoms with Crippen LogP contribution in [0.1, 0.15) is 17.2 Å². The van der Waals surface area contributed by atoms with Crippen LogP contribution in [0.2, 0.25) is 10.0 Å². The van der Waals surface area contributed by atoms with Crippen molar-refractivity contribution in [2.24, 2.45) is 5.73 Å². The van der Waals surface area contributed by atoms with E-state index in [1.807, 2.05) is 0 Å². The van der Waals surface area contributed by atoms with Gasteiger partial charge in [0.2, 0.25) is 0 Å². The lowest BCUT2D eigenvalue weighted by Gasteiger charge is -2.14. The van der Waals surface area contributed by atoms with Crippen LogP contribution < -0.4 is 5.73 Å². The standard InChI is InChI=1S/C14H11Cl2F2N/c15-11-3-1-2-8(14(11)18)6-13(19)10-5-4-9(17)7-12(10)16/h1-5,7,13H,6,19H2. The summed E-state index contributed by atoms with van der Waals surface area (Å²) >= 11 is 11.6. The fourth-order valence-electron chi connectivity index (χ4n) is 1.86. The normalized spacial score (nSPS) is 12.5. The van der Waals surface area contributed by atoms with Crippen molar-refractivity contribution < 1.29 is 8.78 Å². The Kier molecular flexibility index (Phi) is 4.40. The van der Waals surface area contributed by atoms with Crippen LogP contribution in [-0.4, -0.2) is 0 Å². The van der Waals surface area contributed by atoms with Crippen molar-refractivity contribution in [3.63, 3.8) is 0 Å². The molecule has 0 aliphatic heterocycles. The monoisotopic (exact) mass is 301 g/mol. The van der Waals surface area contributed by atoms with Crippen molar-refractivity contribution in [3.05, 3.63) is 69.2 Å². The van der Waals surface area contributed by atoms with Crippen LogP contribution in [0.3, 0.4) is 0 Å². The molecule has 0 aliphatic rings. The summed E-state index contributed by atoms with van der Waals surface area (Å²) in [6, 6.07) is 8.17. The lowest BCUT2D eigenvalue weighted by molar-refractivity contribution is 0.592. The molecule has 0 aromatic heterocycles. The summed E-state index contributed by atoms with van der Waals surface area (Å²) in [5.74, 6) is -0.923. The molecule has 0 heterocycles. The van der Waals surface area contributed by atoms with Crippen LogP contribution in [0, 0.1) is 11.6 Å². The summed E-state index contributed by atoms with van der Waals surface area (Å²) in [6.07, 6.45) is 0.234. The molecule has 0 saturated carbocycles. The first-order chi connectivity index (χ1) is 8.99. The van der Waals surface area contributed by atoms with Crippen LogP contribution in [0.5, 0.6) is 0 Å². The Bertz CT molecular complexity index is 602. The Hall–Kier alpha value is -1.16. The minimum atomic E-state index is -0.527. The summed E-state index contributed by atoms with van der Waals surface area (Å²) in [5, 5.41) is 0.282. The number of hydrogen-bond acceptors (Lipinski definition) is 1. The van der Waals surface area contributed by atoms with Gasteiger partial charge in [-0.3, -0.25) is 0 Å². The highest BCUT2D eigenvalue weighted by Crippen LogP contribution is 2.27. The molecular formula is C14H11Cl2F2N. The van der Waals surface area contributed by atoms with E-state index >= 15 is 0 Å². The van der Waals surface area contributed by atoms with Crippen molar-refractivity contribution in [3.8, 4) is 0 Å². The molecule has 19 heavy (non-hydrogen) atoms. The number of hydrogen-bond donors (Lipinski definition) is 1. The molecule has 0 radical (unpaired) electrons. The van der Waals surface area contributed by atoms with E-state index in [1.54, 1.807) is 12.1 Å². The predicted octanol–water partition coefficient (Wildman–Crippen LogP) is 4.51. The minimum Gasteiger partial charge on any atom is -0.324 e. The van der Waals surface area contributed by atoms with E-state index in [1.165, 1.54) is 24.3 Å². The van der Waals surface area contributed by atoms with Crippen molar-refractivity contribution in [1.82, 2.24) is 0 Å². The lowest BCUT2D eigenvalue weighted by Crippen LogP contribution is -2.15. The molecule has 0 aliphatic carbocycles. The van der Waals surface area contributed by atoms with Crippen molar-refractivity contribution in [2.75, 3.05) is 0 Å². The number of halogens is 4. The molecule has 100 valence electrons. The Morgan fingerprint density at radius 2 is 1.79 bits per heavy atom. The quantitative estimate of drug-likeness (QED) is 0.886. The first kappa shape index (κ1) is 14.3. The minimum absolute atomic E-state index is 0.0508. The number of nitrogens with two attached hydrogens (primary N) is 1. The summed E-state index contributed by atoms with van der Waals surface area (Å²) in [5.41, 5.74) is 6.96. The Balaban J connectivity index is 2.25. The fourth-order valence-corrected chi connectivity index (χ4v) is 2.36. The van der Waals surface area contributed by atoms with Gasteiger partial charge in [0.05, 0.1) is 5.02 Å². The van der Waals surface area contributed by atoms with Gasteiger partial charge in [0.1, 0.15) is 11.6 Å². The molecule has 0 saturated heterocycles. The maximum atomic E-state index is 13.8. The van der Waals surface area contributed by atoms with E-state index < -0.39 is 17.7 Å². The third-order valence-electron chi connectivity index (χ3n) is 2.83. The summed E-state index contributed by atoms with van der Waals surface area (Å²) < 4.78 is 26.7. The second kappa shape index (κ2) is 5.87. The topological polar surface area (TPSA) is 26.0 Å². The van der Waals surface area contributed by atoms with Gasteiger partial charge in [-0.15, -0.1) is 0 Å². The highest BCUT2D eigenvalue weighted by atomic mass is 35.5. The number of benzene rings is 2. The summed E-state index contributed by atoms with van der Waals surface area (Å²) in [7, 11) is 0.